The SMILES string of the molecule is CS(=O)(=O)N1CCC(Oc2ccc(Cl)nc2)CC1. The number of rotatable bonds is 3. The number of nitrogens with zero attached hydrogens (tertiary/aromatic N) is 2. The minimum absolute atomic E-state index is 0.0333. The molecule has 1 aromatic heterocycles. The second-order valence-electron chi connectivity index (χ2n) is 4.30. The molecule has 0 aromatic carbocycles. The second kappa shape index (κ2) is 5.42. The molecule has 1 aliphatic heterocycles. The average Bonchev–Trinajstić information content (AvgIpc) is 2.32. The third kappa shape index (κ3) is 3.57. The Labute approximate surface area is 112 Å². The number of piperidine rings is 1. The maximum atomic E-state index is 11.3. The maximum Gasteiger partial charge on any atom is 0.211 e. The van der Waals surface area contributed by atoms with E-state index in [-0.39, 0.29) is 6.10 Å². The lowest BCUT2D eigenvalue weighted by atomic mass is 10.1. The highest BCUT2D eigenvalue weighted by atomic mass is 35.5. The Morgan fingerprint density at radius 3 is 2.56 bits per heavy atom. The normalized spacial score (nSPS) is 18.8. The van der Waals surface area contributed by atoms with Gasteiger partial charge in [-0.2, -0.15) is 0 Å². The summed E-state index contributed by atoms with van der Waals surface area (Å²) in [5.74, 6) is 0.664. The highest BCUT2D eigenvalue weighted by Gasteiger charge is 2.25. The van der Waals surface area contributed by atoms with Gasteiger partial charge in [-0.05, 0) is 25.0 Å². The van der Waals surface area contributed by atoms with Crippen LogP contribution in [0.2, 0.25) is 5.15 Å². The molecule has 0 bridgehead atoms. The number of hydrogen-bond acceptors (Lipinski definition) is 4. The van der Waals surface area contributed by atoms with Crippen LogP contribution in [0.1, 0.15) is 12.8 Å². The minimum atomic E-state index is -3.08. The van der Waals surface area contributed by atoms with Crippen molar-refractivity contribution in [1.82, 2.24) is 9.29 Å². The minimum Gasteiger partial charge on any atom is -0.489 e. The monoisotopic (exact) mass is 290 g/mol. The largest absolute Gasteiger partial charge is 0.489 e. The molecule has 1 aliphatic rings. The molecular formula is C11H15ClN2O3S. The molecule has 0 atom stereocenters. The molecule has 0 amide bonds. The summed E-state index contributed by atoms with van der Waals surface area (Å²) in [7, 11) is -3.08. The van der Waals surface area contributed by atoms with E-state index < -0.39 is 10.0 Å². The molecule has 1 fully saturated rings. The van der Waals surface area contributed by atoms with Crippen LogP contribution in [-0.2, 0) is 10.0 Å². The fourth-order valence-electron chi connectivity index (χ4n) is 1.91. The number of sulfonamides is 1. The molecule has 2 heterocycles. The van der Waals surface area contributed by atoms with Crippen LogP contribution in [0.15, 0.2) is 18.3 Å². The molecule has 18 heavy (non-hydrogen) atoms. The van der Waals surface area contributed by atoms with Crippen LogP contribution in [0.5, 0.6) is 5.75 Å². The summed E-state index contributed by atoms with van der Waals surface area (Å²) in [5, 5.41) is 0.425. The molecule has 0 saturated carbocycles. The van der Waals surface area contributed by atoms with E-state index in [9.17, 15) is 8.42 Å². The van der Waals surface area contributed by atoms with Crippen LogP contribution in [0.4, 0.5) is 0 Å². The summed E-state index contributed by atoms with van der Waals surface area (Å²) in [5.41, 5.74) is 0. The third-order valence-corrected chi connectivity index (χ3v) is 4.40. The zero-order valence-corrected chi connectivity index (χ0v) is 11.6. The first-order chi connectivity index (χ1) is 8.45. The van der Waals surface area contributed by atoms with E-state index in [2.05, 4.69) is 4.98 Å². The summed E-state index contributed by atoms with van der Waals surface area (Å²) < 4.78 is 29.9. The van der Waals surface area contributed by atoms with E-state index in [1.54, 1.807) is 18.3 Å². The van der Waals surface area contributed by atoms with Crippen molar-refractivity contribution in [3.63, 3.8) is 0 Å². The Hall–Kier alpha value is -0.850. The Bertz CT molecular complexity index is 496. The van der Waals surface area contributed by atoms with Crippen molar-refractivity contribution in [2.75, 3.05) is 19.3 Å². The molecule has 2 rings (SSSR count). The predicted molar refractivity (Wildman–Crippen MR) is 69.3 cm³/mol. The Morgan fingerprint density at radius 1 is 1.39 bits per heavy atom. The fourth-order valence-corrected chi connectivity index (χ4v) is 2.89. The molecule has 1 saturated heterocycles. The lowest BCUT2D eigenvalue weighted by Gasteiger charge is -2.30. The molecule has 100 valence electrons. The van der Waals surface area contributed by atoms with Gasteiger partial charge in [0.05, 0.1) is 12.5 Å². The molecule has 0 aliphatic carbocycles. The second-order valence-corrected chi connectivity index (χ2v) is 6.67. The van der Waals surface area contributed by atoms with Gasteiger partial charge in [0.2, 0.25) is 10.0 Å². The van der Waals surface area contributed by atoms with E-state index in [4.69, 9.17) is 16.3 Å². The van der Waals surface area contributed by atoms with Gasteiger partial charge >= 0.3 is 0 Å². The average molecular weight is 291 g/mol. The van der Waals surface area contributed by atoms with Gasteiger partial charge in [-0.3, -0.25) is 0 Å². The topological polar surface area (TPSA) is 59.5 Å². The van der Waals surface area contributed by atoms with Crippen molar-refractivity contribution in [3.05, 3.63) is 23.5 Å². The molecule has 0 unspecified atom stereocenters. The molecular weight excluding hydrogens is 276 g/mol. The van der Waals surface area contributed by atoms with Crippen molar-refractivity contribution in [2.24, 2.45) is 0 Å². The number of aromatic nitrogens is 1. The third-order valence-electron chi connectivity index (χ3n) is 2.87. The van der Waals surface area contributed by atoms with Gasteiger partial charge in [-0.15, -0.1) is 0 Å². The highest BCUT2D eigenvalue weighted by Crippen LogP contribution is 2.20. The van der Waals surface area contributed by atoms with E-state index in [1.807, 2.05) is 0 Å². The number of ether oxygens (including phenoxy) is 1. The quantitative estimate of drug-likeness (QED) is 0.792. The van der Waals surface area contributed by atoms with Gasteiger partial charge in [0, 0.05) is 13.1 Å². The van der Waals surface area contributed by atoms with Crippen molar-refractivity contribution in [1.29, 1.82) is 0 Å². The zero-order chi connectivity index (χ0) is 13.2. The summed E-state index contributed by atoms with van der Waals surface area (Å²) >= 11 is 5.68. The van der Waals surface area contributed by atoms with Gasteiger partial charge in [0.15, 0.2) is 0 Å². The Balaban J connectivity index is 1.89. The maximum absolute atomic E-state index is 11.3. The summed E-state index contributed by atoms with van der Waals surface area (Å²) in [4.78, 5) is 3.93. The van der Waals surface area contributed by atoms with Crippen molar-refractivity contribution in [2.45, 2.75) is 18.9 Å². The van der Waals surface area contributed by atoms with E-state index >= 15 is 0 Å². The predicted octanol–water partition coefficient (Wildman–Crippen LogP) is 1.54. The first-order valence-corrected chi connectivity index (χ1v) is 7.91. The van der Waals surface area contributed by atoms with Crippen molar-refractivity contribution < 1.29 is 13.2 Å². The van der Waals surface area contributed by atoms with Crippen LogP contribution in [0, 0.1) is 0 Å². The van der Waals surface area contributed by atoms with Crippen LogP contribution >= 0.6 is 11.6 Å². The standard InChI is InChI=1S/C11H15ClN2O3S/c1-18(15,16)14-6-4-9(5-7-14)17-10-2-3-11(12)13-8-10/h2-3,8-9H,4-7H2,1H3. The van der Waals surface area contributed by atoms with E-state index in [1.165, 1.54) is 10.6 Å². The molecule has 7 heteroatoms. The van der Waals surface area contributed by atoms with Gasteiger partial charge in [0.25, 0.3) is 0 Å². The zero-order valence-electron chi connectivity index (χ0n) is 10.0. The summed E-state index contributed by atoms with van der Waals surface area (Å²) in [6.45, 7) is 1.01. The molecule has 0 spiro atoms. The molecule has 0 radical (unpaired) electrons. The van der Waals surface area contributed by atoms with Crippen LogP contribution < -0.4 is 4.74 Å². The molecule has 5 nitrogen and oxygen atoms in total. The summed E-state index contributed by atoms with van der Waals surface area (Å²) in [6, 6.07) is 3.43. The number of pyridine rings is 1. The fraction of sp³-hybridized carbons (Fsp3) is 0.545. The number of halogens is 1. The highest BCUT2D eigenvalue weighted by molar-refractivity contribution is 7.88. The lowest BCUT2D eigenvalue weighted by Crippen LogP contribution is -2.41. The van der Waals surface area contributed by atoms with E-state index in [0.29, 0.717) is 36.8 Å². The van der Waals surface area contributed by atoms with Gasteiger partial charge in [-0.25, -0.2) is 17.7 Å². The van der Waals surface area contributed by atoms with Crippen molar-refractivity contribution in [3.8, 4) is 5.75 Å². The van der Waals surface area contributed by atoms with Gasteiger partial charge in [0.1, 0.15) is 17.0 Å². The van der Waals surface area contributed by atoms with Crippen LogP contribution in [0.25, 0.3) is 0 Å². The lowest BCUT2D eigenvalue weighted by molar-refractivity contribution is 0.135. The molecule has 0 N–H and O–H groups in total. The smallest absolute Gasteiger partial charge is 0.211 e. The molecule has 1 aromatic rings. The van der Waals surface area contributed by atoms with Crippen LogP contribution in [-0.4, -0.2) is 43.2 Å². The van der Waals surface area contributed by atoms with E-state index in [0.717, 1.165) is 0 Å². The van der Waals surface area contributed by atoms with Crippen LogP contribution in [0.3, 0.4) is 0 Å². The van der Waals surface area contributed by atoms with Gasteiger partial charge < -0.3 is 4.74 Å². The first-order valence-electron chi connectivity index (χ1n) is 5.68. The summed E-state index contributed by atoms with van der Waals surface area (Å²) in [6.07, 6.45) is 4.22. The Morgan fingerprint density at radius 2 is 2.06 bits per heavy atom. The first kappa shape index (κ1) is 13.6. The van der Waals surface area contributed by atoms with Crippen molar-refractivity contribution >= 4 is 21.6 Å². The number of hydrogen-bond donors (Lipinski definition) is 0. The Kier molecular flexibility index (Phi) is 4.09. The van der Waals surface area contributed by atoms with Gasteiger partial charge in [-0.1, -0.05) is 11.6 Å².